The van der Waals surface area contributed by atoms with E-state index in [2.05, 4.69) is 10.3 Å². The summed E-state index contributed by atoms with van der Waals surface area (Å²) in [6.07, 6.45) is 2.29. The van der Waals surface area contributed by atoms with Crippen LogP contribution in [0.3, 0.4) is 0 Å². The molecule has 1 fully saturated rings. The molecule has 0 atom stereocenters. The van der Waals surface area contributed by atoms with E-state index >= 15 is 0 Å². The van der Waals surface area contributed by atoms with E-state index in [4.69, 9.17) is 4.98 Å². The summed E-state index contributed by atoms with van der Waals surface area (Å²) < 4.78 is 13.8. The number of nitrogens with one attached hydrogen (secondary N) is 1. The second-order valence-electron chi connectivity index (χ2n) is 5.34. The third kappa shape index (κ3) is 2.15. The number of halogens is 1. The number of anilines is 1. The molecule has 0 unspecified atom stereocenters. The fourth-order valence-electron chi connectivity index (χ4n) is 2.43. The molecule has 104 valence electrons. The van der Waals surface area contributed by atoms with Gasteiger partial charge >= 0.3 is 0 Å². The lowest BCUT2D eigenvalue weighted by molar-refractivity contribution is 0.619. The van der Waals surface area contributed by atoms with Crippen molar-refractivity contribution in [3.8, 4) is 11.3 Å². The van der Waals surface area contributed by atoms with Crippen LogP contribution in [-0.4, -0.2) is 17.0 Å². The molecule has 2 aromatic rings. The molecule has 1 aliphatic rings. The van der Waals surface area contributed by atoms with Gasteiger partial charge in [-0.05, 0) is 38.3 Å². The Balaban J connectivity index is 2.21. The first kappa shape index (κ1) is 13.0. The molecule has 1 aliphatic carbocycles. The van der Waals surface area contributed by atoms with Crippen molar-refractivity contribution in [2.45, 2.75) is 32.6 Å². The molecule has 1 saturated carbocycles. The summed E-state index contributed by atoms with van der Waals surface area (Å²) in [5.74, 6) is 1.98. The van der Waals surface area contributed by atoms with Crippen LogP contribution in [0.5, 0.6) is 0 Å². The van der Waals surface area contributed by atoms with Crippen molar-refractivity contribution < 1.29 is 4.39 Å². The average Bonchev–Trinajstić information content (AvgIpc) is 3.27. The SMILES string of the molecule is CNc1nc(C2CC2)nc(-c2cccc(F)c2C)c1C. The zero-order valence-corrected chi connectivity index (χ0v) is 12.0. The van der Waals surface area contributed by atoms with Crippen LogP contribution < -0.4 is 5.32 Å². The highest BCUT2D eigenvalue weighted by Crippen LogP contribution is 2.40. The topological polar surface area (TPSA) is 37.8 Å². The molecule has 0 bridgehead atoms. The molecular weight excluding hydrogens is 253 g/mol. The quantitative estimate of drug-likeness (QED) is 0.922. The minimum Gasteiger partial charge on any atom is -0.373 e. The molecule has 1 N–H and O–H groups in total. The van der Waals surface area contributed by atoms with E-state index in [1.54, 1.807) is 13.0 Å². The summed E-state index contributed by atoms with van der Waals surface area (Å²) in [6, 6.07) is 5.13. The maximum Gasteiger partial charge on any atom is 0.134 e. The van der Waals surface area contributed by atoms with Crippen LogP contribution >= 0.6 is 0 Å². The fraction of sp³-hybridized carbons (Fsp3) is 0.375. The molecule has 1 heterocycles. The van der Waals surface area contributed by atoms with Gasteiger partial charge in [-0.25, -0.2) is 14.4 Å². The molecule has 3 rings (SSSR count). The Morgan fingerprint density at radius 2 is 1.90 bits per heavy atom. The van der Waals surface area contributed by atoms with Gasteiger partial charge in [0.2, 0.25) is 0 Å². The van der Waals surface area contributed by atoms with Crippen LogP contribution in [0.15, 0.2) is 18.2 Å². The molecule has 4 heteroatoms. The van der Waals surface area contributed by atoms with Gasteiger partial charge in [0.25, 0.3) is 0 Å². The lowest BCUT2D eigenvalue weighted by Gasteiger charge is -2.14. The summed E-state index contributed by atoms with van der Waals surface area (Å²) in [5, 5.41) is 3.12. The minimum atomic E-state index is -0.195. The molecule has 1 aromatic carbocycles. The number of hydrogen-bond donors (Lipinski definition) is 1. The number of hydrogen-bond acceptors (Lipinski definition) is 3. The smallest absolute Gasteiger partial charge is 0.134 e. The molecule has 0 spiro atoms. The Morgan fingerprint density at radius 3 is 2.55 bits per heavy atom. The zero-order valence-electron chi connectivity index (χ0n) is 12.0. The molecule has 0 aliphatic heterocycles. The van der Waals surface area contributed by atoms with Crippen molar-refractivity contribution in [2.24, 2.45) is 0 Å². The largest absolute Gasteiger partial charge is 0.373 e. The van der Waals surface area contributed by atoms with Crippen LogP contribution in [-0.2, 0) is 0 Å². The Morgan fingerprint density at radius 1 is 1.15 bits per heavy atom. The number of nitrogens with zero attached hydrogens (tertiary/aromatic N) is 2. The first-order valence-electron chi connectivity index (χ1n) is 6.93. The van der Waals surface area contributed by atoms with Gasteiger partial charge in [-0.1, -0.05) is 12.1 Å². The van der Waals surface area contributed by atoms with E-state index in [-0.39, 0.29) is 5.82 Å². The Bertz CT molecular complexity index is 663. The summed E-state index contributed by atoms with van der Waals surface area (Å²) >= 11 is 0. The maximum atomic E-state index is 13.8. The molecule has 3 nitrogen and oxygen atoms in total. The van der Waals surface area contributed by atoms with E-state index in [0.29, 0.717) is 11.5 Å². The Kier molecular flexibility index (Phi) is 3.16. The highest BCUT2D eigenvalue weighted by molar-refractivity contribution is 5.71. The summed E-state index contributed by atoms with van der Waals surface area (Å²) in [5.41, 5.74) is 3.29. The lowest BCUT2D eigenvalue weighted by Crippen LogP contribution is -2.05. The van der Waals surface area contributed by atoms with Crippen LogP contribution in [0.4, 0.5) is 10.2 Å². The minimum absolute atomic E-state index is 0.195. The molecule has 0 radical (unpaired) electrons. The normalized spacial score (nSPS) is 14.4. The van der Waals surface area contributed by atoms with Gasteiger partial charge in [-0.15, -0.1) is 0 Å². The van der Waals surface area contributed by atoms with Crippen LogP contribution in [0.25, 0.3) is 11.3 Å². The number of benzene rings is 1. The summed E-state index contributed by atoms with van der Waals surface area (Å²) in [6.45, 7) is 3.77. The van der Waals surface area contributed by atoms with Crippen molar-refractivity contribution in [2.75, 3.05) is 12.4 Å². The van der Waals surface area contributed by atoms with Crippen LogP contribution in [0.2, 0.25) is 0 Å². The lowest BCUT2D eigenvalue weighted by atomic mass is 10.0. The van der Waals surface area contributed by atoms with Gasteiger partial charge in [-0.3, -0.25) is 0 Å². The van der Waals surface area contributed by atoms with E-state index < -0.39 is 0 Å². The second-order valence-corrected chi connectivity index (χ2v) is 5.34. The van der Waals surface area contributed by atoms with E-state index in [0.717, 1.165) is 41.3 Å². The van der Waals surface area contributed by atoms with Crippen molar-refractivity contribution >= 4 is 5.82 Å². The van der Waals surface area contributed by atoms with Gasteiger partial charge in [0.15, 0.2) is 0 Å². The fourth-order valence-corrected chi connectivity index (χ4v) is 2.43. The highest BCUT2D eigenvalue weighted by atomic mass is 19.1. The van der Waals surface area contributed by atoms with Gasteiger partial charge in [0, 0.05) is 24.1 Å². The monoisotopic (exact) mass is 271 g/mol. The second kappa shape index (κ2) is 4.85. The number of aromatic nitrogens is 2. The van der Waals surface area contributed by atoms with Gasteiger partial charge in [0.05, 0.1) is 5.69 Å². The first-order chi connectivity index (χ1) is 9.61. The number of rotatable bonds is 3. The Labute approximate surface area is 118 Å². The predicted octanol–water partition coefficient (Wildman–Crippen LogP) is 3.82. The summed E-state index contributed by atoms with van der Waals surface area (Å²) in [4.78, 5) is 9.27. The van der Waals surface area contributed by atoms with Crippen molar-refractivity contribution in [1.29, 1.82) is 0 Å². The highest BCUT2D eigenvalue weighted by Gasteiger charge is 2.28. The van der Waals surface area contributed by atoms with Crippen LogP contribution in [0.1, 0.15) is 35.7 Å². The van der Waals surface area contributed by atoms with Gasteiger partial charge < -0.3 is 5.32 Å². The molecule has 0 amide bonds. The van der Waals surface area contributed by atoms with E-state index in [1.165, 1.54) is 6.07 Å². The maximum absolute atomic E-state index is 13.8. The summed E-state index contributed by atoms with van der Waals surface area (Å²) in [7, 11) is 1.86. The van der Waals surface area contributed by atoms with Crippen molar-refractivity contribution in [3.63, 3.8) is 0 Å². The Hall–Kier alpha value is -1.97. The van der Waals surface area contributed by atoms with E-state index in [9.17, 15) is 4.39 Å². The zero-order chi connectivity index (χ0) is 14.3. The van der Waals surface area contributed by atoms with Gasteiger partial charge in [0.1, 0.15) is 17.5 Å². The average molecular weight is 271 g/mol. The first-order valence-corrected chi connectivity index (χ1v) is 6.93. The molecule has 1 aromatic heterocycles. The van der Waals surface area contributed by atoms with E-state index in [1.807, 2.05) is 20.0 Å². The molecule has 0 saturated heterocycles. The van der Waals surface area contributed by atoms with Crippen molar-refractivity contribution in [3.05, 3.63) is 41.0 Å². The van der Waals surface area contributed by atoms with Crippen molar-refractivity contribution in [1.82, 2.24) is 9.97 Å². The van der Waals surface area contributed by atoms with Crippen LogP contribution in [0, 0.1) is 19.7 Å². The standard InChI is InChI=1S/C16H18FN3/c1-9-12(5-4-6-13(9)17)14-10(2)15(18-3)20-16(19-14)11-7-8-11/h4-6,11H,7-8H2,1-3H3,(H,18,19,20). The predicted molar refractivity (Wildman–Crippen MR) is 78.4 cm³/mol. The molecule has 20 heavy (non-hydrogen) atoms. The van der Waals surface area contributed by atoms with Gasteiger partial charge in [-0.2, -0.15) is 0 Å². The third-order valence-corrected chi connectivity index (χ3v) is 3.87. The third-order valence-electron chi connectivity index (χ3n) is 3.87. The molecular formula is C16H18FN3.